The van der Waals surface area contributed by atoms with Gasteiger partial charge in [0, 0.05) is 0 Å². The lowest BCUT2D eigenvalue weighted by atomic mass is 9.94. The average Bonchev–Trinajstić information content (AvgIpc) is 2.86. The van der Waals surface area contributed by atoms with E-state index in [0.717, 1.165) is 4.88 Å². The van der Waals surface area contributed by atoms with Crippen molar-refractivity contribution in [1.82, 2.24) is 20.2 Å². The van der Waals surface area contributed by atoms with Crippen molar-refractivity contribution in [3.8, 4) is 10.7 Å². The van der Waals surface area contributed by atoms with Crippen molar-refractivity contribution in [3.63, 3.8) is 0 Å². The number of carboxylic acids is 1. The molecule has 6 nitrogen and oxygen atoms in total. The molecule has 0 amide bonds. The van der Waals surface area contributed by atoms with Gasteiger partial charge in [-0.15, -0.1) is 16.4 Å². The molecule has 1 N–H and O–H groups in total. The summed E-state index contributed by atoms with van der Waals surface area (Å²) in [5.41, 5.74) is -0.939. The molecule has 2 aromatic heterocycles. The highest BCUT2D eigenvalue weighted by Gasteiger charge is 2.29. The van der Waals surface area contributed by atoms with Crippen LogP contribution >= 0.6 is 22.9 Å². The van der Waals surface area contributed by atoms with Gasteiger partial charge in [-0.25, -0.2) is 4.68 Å². The van der Waals surface area contributed by atoms with Crippen LogP contribution in [0.2, 0.25) is 4.34 Å². The highest BCUT2D eigenvalue weighted by molar-refractivity contribution is 7.19. The van der Waals surface area contributed by atoms with Gasteiger partial charge in [0.2, 0.25) is 0 Å². The summed E-state index contributed by atoms with van der Waals surface area (Å²) in [7, 11) is 0. The lowest BCUT2D eigenvalue weighted by Crippen LogP contribution is -2.30. The van der Waals surface area contributed by atoms with Gasteiger partial charge >= 0.3 is 5.97 Å². The van der Waals surface area contributed by atoms with Crippen molar-refractivity contribution >= 4 is 28.9 Å². The van der Waals surface area contributed by atoms with Gasteiger partial charge in [0.05, 0.1) is 21.2 Å². The Balaban J connectivity index is 2.32. The lowest BCUT2D eigenvalue weighted by molar-refractivity contribution is -0.147. The first kappa shape index (κ1) is 13.0. The maximum atomic E-state index is 11.1. The molecule has 2 rings (SSSR count). The topological polar surface area (TPSA) is 80.9 Å². The van der Waals surface area contributed by atoms with Gasteiger partial charge in [-0.3, -0.25) is 4.79 Å². The number of hydrogen-bond donors (Lipinski definition) is 1. The van der Waals surface area contributed by atoms with E-state index in [-0.39, 0.29) is 6.54 Å². The molecule has 96 valence electrons. The number of carboxylic acid groups (broad SMARTS) is 1. The van der Waals surface area contributed by atoms with Crippen LogP contribution in [0.1, 0.15) is 13.8 Å². The molecule has 18 heavy (non-hydrogen) atoms. The van der Waals surface area contributed by atoms with Crippen LogP contribution in [-0.4, -0.2) is 31.3 Å². The second-order valence-corrected chi connectivity index (χ2v) is 6.17. The zero-order chi connectivity index (χ0) is 13.3. The molecule has 0 unspecified atom stereocenters. The van der Waals surface area contributed by atoms with Crippen molar-refractivity contribution in [2.75, 3.05) is 0 Å². The van der Waals surface area contributed by atoms with E-state index in [4.69, 9.17) is 16.7 Å². The van der Waals surface area contributed by atoms with E-state index in [0.29, 0.717) is 10.2 Å². The quantitative estimate of drug-likeness (QED) is 0.931. The molecule has 0 aromatic carbocycles. The normalized spacial score (nSPS) is 11.7. The Morgan fingerprint density at radius 2 is 2.28 bits per heavy atom. The van der Waals surface area contributed by atoms with Crippen LogP contribution in [0.3, 0.4) is 0 Å². The Morgan fingerprint density at radius 3 is 2.83 bits per heavy atom. The predicted molar refractivity (Wildman–Crippen MR) is 67.6 cm³/mol. The van der Waals surface area contributed by atoms with Gasteiger partial charge in [-0.1, -0.05) is 11.6 Å². The van der Waals surface area contributed by atoms with E-state index < -0.39 is 11.4 Å². The van der Waals surface area contributed by atoms with Crippen molar-refractivity contribution < 1.29 is 9.90 Å². The van der Waals surface area contributed by atoms with Gasteiger partial charge in [0.1, 0.15) is 0 Å². The number of aliphatic carboxylic acids is 1. The van der Waals surface area contributed by atoms with E-state index >= 15 is 0 Å². The molecule has 0 radical (unpaired) electrons. The maximum absolute atomic E-state index is 11.1. The molecule has 0 saturated heterocycles. The van der Waals surface area contributed by atoms with E-state index in [1.54, 1.807) is 19.9 Å². The van der Waals surface area contributed by atoms with Crippen LogP contribution in [0, 0.1) is 5.41 Å². The lowest BCUT2D eigenvalue weighted by Gasteiger charge is -2.18. The molecule has 0 aliphatic carbocycles. The highest BCUT2D eigenvalue weighted by Crippen LogP contribution is 2.30. The Labute approximate surface area is 112 Å². The molecule has 0 saturated carbocycles. The first-order valence-electron chi connectivity index (χ1n) is 5.15. The minimum atomic E-state index is -0.939. The first-order valence-corrected chi connectivity index (χ1v) is 6.35. The largest absolute Gasteiger partial charge is 0.481 e. The minimum Gasteiger partial charge on any atom is -0.481 e. The number of thiophene rings is 1. The molecule has 0 spiro atoms. The Morgan fingerprint density at radius 1 is 1.56 bits per heavy atom. The summed E-state index contributed by atoms with van der Waals surface area (Å²) in [6, 6.07) is 3.56. The fourth-order valence-electron chi connectivity index (χ4n) is 1.36. The molecule has 2 heterocycles. The second kappa shape index (κ2) is 4.66. The van der Waals surface area contributed by atoms with E-state index in [9.17, 15) is 4.79 Å². The zero-order valence-electron chi connectivity index (χ0n) is 9.79. The summed E-state index contributed by atoms with van der Waals surface area (Å²) in [6.45, 7) is 3.45. The average molecular weight is 287 g/mol. The summed E-state index contributed by atoms with van der Waals surface area (Å²) in [4.78, 5) is 11.9. The van der Waals surface area contributed by atoms with Crippen LogP contribution < -0.4 is 0 Å². The summed E-state index contributed by atoms with van der Waals surface area (Å²) in [5.74, 6) is -0.366. The molecule has 8 heteroatoms. The van der Waals surface area contributed by atoms with Crippen LogP contribution in [0.4, 0.5) is 0 Å². The van der Waals surface area contributed by atoms with Gasteiger partial charge in [-0.2, -0.15) is 0 Å². The predicted octanol–water partition coefficient (Wildman–Crippen LogP) is 2.17. The van der Waals surface area contributed by atoms with Gasteiger partial charge in [-0.05, 0) is 36.4 Å². The zero-order valence-corrected chi connectivity index (χ0v) is 11.4. The molecule has 2 aromatic rings. The number of carbonyl (C=O) groups is 1. The Hall–Kier alpha value is -1.47. The van der Waals surface area contributed by atoms with Crippen LogP contribution in [0.5, 0.6) is 0 Å². The van der Waals surface area contributed by atoms with E-state index in [1.165, 1.54) is 16.0 Å². The van der Waals surface area contributed by atoms with E-state index in [2.05, 4.69) is 15.5 Å². The fraction of sp³-hybridized carbons (Fsp3) is 0.400. The fourth-order valence-corrected chi connectivity index (χ4v) is 2.40. The number of rotatable bonds is 4. The van der Waals surface area contributed by atoms with Gasteiger partial charge in [0.25, 0.3) is 0 Å². The highest BCUT2D eigenvalue weighted by atomic mass is 35.5. The number of hydrogen-bond acceptors (Lipinski definition) is 5. The van der Waals surface area contributed by atoms with Crippen LogP contribution in [0.15, 0.2) is 12.1 Å². The summed E-state index contributed by atoms with van der Waals surface area (Å²) < 4.78 is 2.12. The SMILES string of the molecule is CC(C)(Cn1nnnc1-c1ccc(Cl)s1)C(=O)O. The van der Waals surface area contributed by atoms with Crippen LogP contribution in [0.25, 0.3) is 10.7 Å². The maximum Gasteiger partial charge on any atom is 0.310 e. The smallest absolute Gasteiger partial charge is 0.310 e. The molecule has 0 bridgehead atoms. The third-order valence-corrected chi connectivity index (χ3v) is 3.68. The Kier molecular flexibility index (Phi) is 3.36. The third-order valence-electron chi connectivity index (χ3n) is 2.45. The van der Waals surface area contributed by atoms with Crippen molar-refractivity contribution in [1.29, 1.82) is 0 Å². The van der Waals surface area contributed by atoms with Crippen molar-refractivity contribution in [3.05, 3.63) is 16.5 Å². The number of halogens is 1. The number of tetrazole rings is 1. The second-order valence-electron chi connectivity index (χ2n) is 4.45. The first-order chi connectivity index (χ1) is 8.40. The monoisotopic (exact) mass is 286 g/mol. The van der Waals surface area contributed by atoms with Crippen molar-refractivity contribution in [2.24, 2.45) is 5.41 Å². The third kappa shape index (κ3) is 2.51. The molecule has 0 aliphatic heterocycles. The summed E-state index contributed by atoms with van der Waals surface area (Å²) in [5, 5.41) is 20.4. The Bertz CT molecular complexity index is 578. The molecule has 0 atom stereocenters. The number of nitrogens with zero attached hydrogens (tertiary/aromatic N) is 4. The summed E-state index contributed by atoms with van der Waals surface area (Å²) >= 11 is 7.21. The molecule has 0 fully saturated rings. The standard InChI is InChI=1S/C10H11ClN4O2S/c1-10(2,9(16)17)5-15-8(12-13-14-15)6-3-4-7(11)18-6/h3-4H,5H2,1-2H3,(H,16,17). The van der Waals surface area contributed by atoms with Crippen molar-refractivity contribution in [2.45, 2.75) is 20.4 Å². The minimum absolute atomic E-state index is 0.195. The summed E-state index contributed by atoms with van der Waals surface area (Å²) in [6.07, 6.45) is 0. The molecular weight excluding hydrogens is 276 g/mol. The molecule has 0 aliphatic rings. The van der Waals surface area contributed by atoms with E-state index in [1.807, 2.05) is 6.07 Å². The molecular formula is C10H11ClN4O2S. The number of aromatic nitrogens is 4. The van der Waals surface area contributed by atoms with Gasteiger partial charge < -0.3 is 5.11 Å². The van der Waals surface area contributed by atoms with Gasteiger partial charge in [0.15, 0.2) is 5.82 Å². The van der Waals surface area contributed by atoms with Crippen LogP contribution in [-0.2, 0) is 11.3 Å².